The molecule has 0 saturated heterocycles. The van der Waals surface area contributed by atoms with Crippen LogP contribution in [0.25, 0.3) is 0 Å². The van der Waals surface area contributed by atoms with Crippen molar-refractivity contribution in [2.24, 2.45) is 0 Å². The monoisotopic (exact) mass is 369 g/mol. The predicted molar refractivity (Wildman–Crippen MR) is 73.2 cm³/mol. The smallest absolute Gasteiger partial charge is 0.325 e. The number of halogens is 1. The number of carbonyl (C=O) groups excluding carboxylic acids is 1. The minimum atomic E-state index is -3.76. The number of rotatable bonds is 4. The Kier molecular flexibility index (Phi) is 4.75. The van der Waals surface area contributed by atoms with Crippen molar-refractivity contribution in [1.29, 1.82) is 0 Å². The highest BCUT2D eigenvalue weighted by atomic mass is 127. The number of methoxy groups -OCH3 is 1. The first kappa shape index (κ1) is 14.2. The summed E-state index contributed by atoms with van der Waals surface area (Å²) in [7, 11) is -2.61. The van der Waals surface area contributed by atoms with Crippen molar-refractivity contribution in [3.8, 4) is 0 Å². The minimum absolute atomic E-state index is 0.418. The lowest BCUT2D eigenvalue weighted by molar-refractivity contribution is -0.139. The molecule has 1 N–H and O–H groups in total. The molecule has 0 aromatic heterocycles. The van der Waals surface area contributed by atoms with Gasteiger partial charge < -0.3 is 4.74 Å². The van der Waals surface area contributed by atoms with E-state index in [4.69, 9.17) is 0 Å². The second-order valence-corrected chi connectivity index (χ2v) is 6.57. The summed E-state index contributed by atoms with van der Waals surface area (Å²) >= 11 is 2.11. The quantitative estimate of drug-likeness (QED) is 0.647. The first-order chi connectivity index (χ1) is 7.86. The summed E-state index contributed by atoms with van der Waals surface area (Å²) in [6.45, 7) is 1.28. The molecule has 0 spiro atoms. The third-order valence-corrected chi connectivity index (χ3v) is 4.47. The summed E-state index contributed by atoms with van der Waals surface area (Å²) in [6, 6.07) is 6.79. The maximum atomic E-state index is 11.8. The van der Waals surface area contributed by atoms with Crippen LogP contribution < -0.4 is 4.72 Å². The molecular formula is C10H12INO4S. The molecule has 94 valence electrons. The van der Waals surface area contributed by atoms with Crippen LogP contribution in [0.3, 0.4) is 0 Å². The van der Waals surface area contributed by atoms with Gasteiger partial charge in [-0.2, -0.15) is 0 Å². The second-order valence-electron chi connectivity index (χ2n) is 3.32. The highest BCUT2D eigenvalue weighted by Crippen LogP contribution is 2.14. The van der Waals surface area contributed by atoms with E-state index in [2.05, 4.69) is 32.0 Å². The SMILES string of the molecule is COC(=O)C(C)S(=O)(=O)Nc1ccc(I)cc1. The Balaban J connectivity index is 2.86. The lowest BCUT2D eigenvalue weighted by atomic mass is 10.3. The van der Waals surface area contributed by atoms with Crippen molar-refractivity contribution in [3.63, 3.8) is 0 Å². The Labute approximate surface area is 114 Å². The molecule has 17 heavy (non-hydrogen) atoms. The molecule has 0 aliphatic carbocycles. The molecule has 0 saturated carbocycles. The minimum Gasteiger partial charge on any atom is -0.468 e. The summed E-state index contributed by atoms with van der Waals surface area (Å²) in [5.74, 6) is -0.789. The van der Waals surface area contributed by atoms with Gasteiger partial charge in [-0.1, -0.05) is 0 Å². The van der Waals surface area contributed by atoms with Gasteiger partial charge in [0.2, 0.25) is 10.0 Å². The lowest BCUT2D eigenvalue weighted by Crippen LogP contribution is -2.33. The van der Waals surface area contributed by atoms with E-state index < -0.39 is 21.2 Å². The topological polar surface area (TPSA) is 72.5 Å². The van der Waals surface area contributed by atoms with Crippen LogP contribution >= 0.6 is 22.6 Å². The molecule has 5 nitrogen and oxygen atoms in total. The van der Waals surface area contributed by atoms with Crippen molar-refractivity contribution in [3.05, 3.63) is 27.8 Å². The van der Waals surface area contributed by atoms with E-state index in [0.717, 1.165) is 10.7 Å². The molecule has 1 atom stereocenters. The van der Waals surface area contributed by atoms with Gasteiger partial charge in [0, 0.05) is 9.26 Å². The molecule has 0 fully saturated rings. The molecular weight excluding hydrogens is 357 g/mol. The van der Waals surface area contributed by atoms with Crippen molar-refractivity contribution >= 4 is 44.3 Å². The van der Waals surface area contributed by atoms with E-state index in [1.165, 1.54) is 6.92 Å². The number of anilines is 1. The normalized spacial score (nSPS) is 12.9. The van der Waals surface area contributed by atoms with E-state index in [0.29, 0.717) is 5.69 Å². The van der Waals surface area contributed by atoms with Gasteiger partial charge in [0.05, 0.1) is 7.11 Å². The van der Waals surface area contributed by atoms with E-state index in [9.17, 15) is 13.2 Å². The van der Waals surface area contributed by atoms with Crippen molar-refractivity contribution < 1.29 is 17.9 Å². The Morgan fingerprint density at radius 2 is 1.88 bits per heavy atom. The van der Waals surface area contributed by atoms with E-state index in [1.54, 1.807) is 24.3 Å². The van der Waals surface area contributed by atoms with Crippen LogP contribution in [-0.2, 0) is 19.6 Å². The molecule has 0 radical (unpaired) electrons. The number of sulfonamides is 1. The van der Waals surface area contributed by atoms with E-state index >= 15 is 0 Å². The zero-order valence-electron chi connectivity index (χ0n) is 9.31. The van der Waals surface area contributed by atoms with Crippen LogP contribution in [-0.4, -0.2) is 26.7 Å². The number of hydrogen-bond donors (Lipinski definition) is 1. The molecule has 1 unspecified atom stereocenters. The average molecular weight is 369 g/mol. The number of ether oxygens (including phenoxy) is 1. The Bertz CT molecular complexity index is 498. The van der Waals surface area contributed by atoms with Crippen molar-refractivity contribution in [2.75, 3.05) is 11.8 Å². The van der Waals surface area contributed by atoms with Gasteiger partial charge in [-0.05, 0) is 53.8 Å². The maximum Gasteiger partial charge on any atom is 0.325 e. The fraction of sp³-hybridized carbons (Fsp3) is 0.300. The third-order valence-electron chi connectivity index (χ3n) is 2.10. The van der Waals surface area contributed by atoms with Crippen LogP contribution in [0.2, 0.25) is 0 Å². The predicted octanol–water partition coefficient (Wildman–Crippen LogP) is 1.59. The highest BCUT2D eigenvalue weighted by Gasteiger charge is 2.28. The average Bonchev–Trinajstić information content (AvgIpc) is 2.30. The lowest BCUT2D eigenvalue weighted by Gasteiger charge is -2.12. The zero-order valence-corrected chi connectivity index (χ0v) is 12.3. The summed E-state index contributed by atoms with van der Waals surface area (Å²) in [4.78, 5) is 11.2. The summed E-state index contributed by atoms with van der Waals surface area (Å²) in [5.41, 5.74) is 0.418. The Hall–Kier alpha value is -0.830. The van der Waals surface area contributed by atoms with Crippen LogP contribution in [0.4, 0.5) is 5.69 Å². The fourth-order valence-electron chi connectivity index (χ4n) is 1.06. The van der Waals surface area contributed by atoms with Crippen molar-refractivity contribution in [1.82, 2.24) is 0 Å². The van der Waals surface area contributed by atoms with Gasteiger partial charge in [0.15, 0.2) is 5.25 Å². The van der Waals surface area contributed by atoms with Gasteiger partial charge in [0.25, 0.3) is 0 Å². The van der Waals surface area contributed by atoms with Crippen LogP contribution in [0, 0.1) is 3.57 Å². The Morgan fingerprint density at radius 3 is 2.35 bits per heavy atom. The highest BCUT2D eigenvalue weighted by molar-refractivity contribution is 14.1. The molecule has 0 aliphatic heterocycles. The number of nitrogens with one attached hydrogen (secondary N) is 1. The molecule has 0 amide bonds. The van der Waals surface area contributed by atoms with Crippen LogP contribution in [0.15, 0.2) is 24.3 Å². The molecule has 1 aromatic carbocycles. The van der Waals surface area contributed by atoms with Gasteiger partial charge in [-0.25, -0.2) is 8.42 Å². The van der Waals surface area contributed by atoms with Gasteiger partial charge in [-0.3, -0.25) is 9.52 Å². The number of benzene rings is 1. The first-order valence-electron chi connectivity index (χ1n) is 4.72. The molecule has 0 bridgehead atoms. The van der Waals surface area contributed by atoms with E-state index in [-0.39, 0.29) is 0 Å². The molecule has 0 heterocycles. The van der Waals surface area contributed by atoms with Gasteiger partial charge >= 0.3 is 5.97 Å². The number of esters is 1. The first-order valence-corrected chi connectivity index (χ1v) is 7.34. The largest absolute Gasteiger partial charge is 0.468 e. The maximum absolute atomic E-state index is 11.8. The summed E-state index contributed by atoms with van der Waals surface area (Å²) in [6.07, 6.45) is 0. The molecule has 1 rings (SSSR count). The third kappa shape index (κ3) is 3.84. The number of hydrogen-bond acceptors (Lipinski definition) is 4. The summed E-state index contributed by atoms with van der Waals surface area (Å²) < 4.78 is 31.3. The molecule has 7 heteroatoms. The van der Waals surface area contributed by atoms with Crippen molar-refractivity contribution in [2.45, 2.75) is 12.2 Å². The van der Waals surface area contributed by atoms with Gasteiger partial charge in [0.1, 0.15) is 0 Å². The van der Waals surface area contributed by atoms with Crippen LogP contribution in [0.1, 0.15) is 6.92 Å². The number of carbonyl (C=O) groups is 1. The fourth-order valence-corrected chi connectivity index (χ4v) is 2.41. The molecule has 0 aliphatic rings. The standard InChI is InChI=1S/C10H12INO4S/c1-7(10(13)16-2)17(14,15)12-9-5-3-8(11)4-6-9/h3-7,12H,1-2H3. The van der Waals surface area contributed by atoms with Crippen LogP contribution in [0.5, 0.6) is 0 Å². The summed E-state index contributed by atoms with van der Waals surface area (Å²) in [5, 5.41) is -1.24. The second kappa shape index (κ2) is 5.67. The van der Waals surface area contributed by atoms with Gasteiger partial charge in [-0.15, -0.1) is 0 Å². The zero-order chi connectivity index (χ0) is 13.1. The Morgan fingerprint density at radius 1 is 1.35 bits per heavy atom. The molecule has 1 aromatic rings. The van der Waals surface area contributed by atoms with E-state index in [1.807, 2.05) is 0 Å².